The van der Waals surface area contributed by atoms with Crippen molar-refractivity contribution in [2.24, 2.45) is 5.73 Å². The SMILES string of the molecule is NC(=O)c1ccc(Cc2ccc3c(c2)OCO3)s1. The van der Waals surface area contributed by atoms with Crippen molar-refractivity contribution < 1.29 is 14.3 Å². The van der Waals surface area contributed by atoms with E-state index in [0.29, 0.717) is 4.88 Å². The fourth-order valence-electron chi connectivity index (χ4n) is 1.86. The third-order valence-corrected chi connectivity index (χ3v) is 3.82. The normalized spacial score (nSPS) is 12.7. The Labute approximate surface area is 108 Å². The second-order valence-corrected chi connectivity index (χ2v) is 5.16. The molecule has 0 saturated carbocycles. The van der Waals surface area contributed by atoms with E-state index < -0.39 is 0 Å². The van der Waals surface area contributed by atoms with Crippen molar-refractivity contribution in [3.8, 4) is 11.5 Å². The van der Waals surface area contributed by atoms with Gasteiger partial charge in [0.05, 0.1) is 4.88 Å². The van der Waals surface area contributed by atoms with Crippen molar-refractivity contribution in [2.45, 2.75) is 6.42 Å². The molecule has 0 spiro atoms. The Kier molecular flexibility index (Phi) is 2.68. The van der Waals surface area contributed by atoms with Gasteiger partial charge in [-0.2, -0.15) is 0 Å². The van der Waals surface area contributed by atoms with Crippen LogP contribution in [0.5, 0.6) is 11.5 Å². The van der Waals surface area contributed by atoms with Gasteiger partial charge >= 0.3 is 0 Å². The van der Waals surface area contributed by atoms with E-state index in [-0.39, 0.29) is 12.7 Å². The Morgan fingerprint density at radius 3 is 2.83 bits per heavy atom. The van der Waals surface area contributed by atoms with E-state index in [1.165, 1.54) is 11.3 Å². The smallest absolute Gasteiger partial charge is 0.258 e. The lowest BCUT2D eigenvalue weighted by atomic mass is 10.1. The molecule has 0 bridgehead atoms. The lowest BCUT2D eigenvalue weighted by molar-refractivity contribution is 0.100. The van der Waals surface area contributed by atoms with E-state index in [1.807, 2.05) is 24.3 Å². The summed E-state index contributed by atoms with van der Waals surface area (Å²) < 4.78 is 10.6. The first kappa shape index (κ1) is 11.1. The lowest BCUT2D eigenvalue weighted by Gasteiger charge is -2.01. The third-order valence-electron chi connectivity index (χ3n) is 2.72. The van der Waals surface area contributed by atoms with Gasteiger partial charge in [-0.25, -0.2) is 0 Å². The molecule has 0 saturated heterocycles. The summed E-state index contributed by atoms with van der Waals surface area (Å²) in [5.74, 6) is 1.18. The van der Waals surface area contributed by atoms with Gasteiger partial charge in [-0.15, -0.1) is 11.3 Å². The predicted molar refractivity (Wildman–Crippen MR) is 68.2 cm³/mol. The summed E-state index contributed by atoms with van der Waals surface area (Å²) in [4.78, 5) is 12.7. The summed E-state index contributed by atoms with van der Waals surface area (Å²) in [5.41, 5.74) is 6.35. The molecule has 92 valence electrons. The van der Waals surface area contributed by atoms with Gasteiger partial charge in [-0.1, -0.05) is 6.07 Å². The minimum atomic E-state index is -0.378. The second kappa shape index (κ2) is 4.34. The average Bonchev–Trinajstić information content (AvgIpc) is 2.96. The molecule has 18 heavy (non-hydrogen) atoms. The van der Waals surface area contributed by atoms with Crippen LogP contribution in [-0.4, -0.2) is 12.7 Å². The third kappa shape index (κ3) is 2.04. The van der Waals surface area contributed by atoms with E-state index in [0.717, 1.165) is 28.4 Å². The topological polar surface area (TPSA) is 61.6 Å². The van der Waals surface area contributed by atoms with Crippen LogP contribution in [-0.2, 0) is 6.42 Å². The van der Waals surface area contributed by atoms with Crippen molar-refractivity contribution in [3.05, 3.63) is 45.6 Å². The zero-order valence-corrected chi connectivity index (χ0v) is 10.3. The minimum absolute atomic E-state index is 0.281. The van der Waals surface area contributed by atoms with Crippen LogP contribution in [0.2, 0.25) is 0 Å². The largest absolute Gasteiger partial charge is 0.454 e. The number of benzene rings is 1. The Morgan fingerprint density at radius 1 is 1.22 bits per heavy atom. The maximum Gasteiger partial charge on any atom is 0.258 e. The van der Waals surface area contributed by atoms with Gasteiger partial charge in [0.15, 0.2) is 11.5 Å². The number of primary amides is 1. The Balaban J connectivity index is 1.81. The highest BCUT2D eigenvalue weighted by Crippen LogP contribution is 2.33. The van der Waals surface area contributed by atoms with E-state index >= 15 is 0 Å². The fraction of sp³-hybridized carbons (Fsp3) is 0.154. The van der Waals surface area contributed by atoms with E-state index in [4.69, 9.17) is 15.2 Å². The molecule has 2 aromatic rings. The van der Waals surface area contributed by atoms with Crippen LogP contribution in [0.3, 0.4) is 0 Å². The fourth-order valence-corrected chi connectivity index (χ4v) is 2.75. The second-order valence-electron chi connectivity index (χ2n) is 3.99. The Bertz CT molecular complexity index is 606. The molecule has 1 aromatic heterocycles. The van der Waals surface area contributed by atoms with Crippen LogP contribution in [0.1, 0.15) is 20.1 Å². The van der Waals surface area contributed by atoms with Crippen LogP contribution in [0.4, 0.5) is 0 Å². The molecule has 1 amide bonds. The number of ether oxygens (including phenoxy) is 2. The number of carbonyl (C=O) groups is 1. The maximum atomic E-state index is 11.0. The summed E-state index contributed by atoms with van der Waals surface area (Å²) >= 11 is 1.42. The molecule has 0 aliphatic carbocycles. The highest BCUT2D eigenvalue weighted by atomic mass is 32.1. The highest BCUT2D eigenvalue weighted by Gasteiger charge is 2.13. The molecule has 0 radical (unpaired) electrons. The number of thiophene rings is 1. The first-order valence-corrected chi connectivity index (χ1v) is 6.31. The maximum absolute atomic E-state index is 11.0. The minimum Gasteiger partial charge on any atom is -0.454 e. The Morgan fingerprint density at radius 2 is 2.06 bits per heavy atom. The van der Waals surface area contributed by atoms with Gasteiger partial charge in [0.1, 0.15) is 0 Å². The van der Waals surface area contributed by atoms with Crippen molar-refractivity contribution in [1.29, 1.82) is 0 Å². The number of amides is 1. The van der Waals surface area contributed by atoms with Gasteiger partial charge in [-0.3, -0.25) is 4.79 Å². The lowest BCUT2D eigenvalue weighted by Crippen LogP contribution is -2.08. The molecule has 0 fully saturated rings. The molecule has 1 aromatic carbocycles. The molecule has 0 unspecified atom stereocenters. The van der Waals surface area contributed by atoms with Gasteiger partial charge in [0.2, 0.25) is 6.79 Å². The van der Waals surface area contributed by atoms with E-state index in [2.05, 4.69) is 0 Å². The zero-order valence-electron chi connectivity index (χ0n) is 9.51. The standard InChI is InChI=1S/C13H11NO3S/c14-13(15)12-4-2-9(18-12)5-8-1-3-10-11(6-8)17-7-16-10/h1-4,6H,5,7H2,(H2,14,15). The average molecular weight is 261 g/mol. The van der Waals surface area contributed by atoms with Crippen LogP contribution in [0, 0.1) is 0 Å². The zero-order chi connectivity index (χ0) is 12.5. The number of carbonyl (C=O) groups excluding carboxylic acids is 1. The number of nitrogens with two attached hydrogens (primary N) is 1. The number of hydrogen-bond acceptors (Lipinski definition) is 4. The van der Waals surface area contributed by atoms with Crippen LogP contribution < -0.4 is 15.2 Å². The molecule has 1 aliphatic rings. The molecule has 2 heterocycles. The molecule has 5 heteroatoms. The number of hydrogen-bond donors (Lipinski definition) is 1. The van der Waals surface area contributed by atoms with E-state index in [1.54, 1.807) is 6.07 Å². The molecular formula is C13H11NO3S. The number of rotatable bonds is 3. The van der Waals surface area contributed by atoms with Gasteiger partial charge in [-0.05, 0) is 29.8 Å². The molecule has 3 rings (SSSR count). The first-order chi connectivity index (χ1) is 8.72. The van der Waals surface area contributed by atoms with Crippen LogP contribution in [0.25, 0.3) is 0 Å². The molecular weight excluding hydrogens is 250 g/mol. The van der Waals surface area contributed by atoms with Crippen molar-refractivity contribution in [3.63, 3.8) is 0 Å². The predicted octanol–water partition coefficient (Wildman–Crippen LogP) is 2.17. The van der Waals surface area contributed by atoms with Gasteiger partial charge in [0.25, 0.3) is 5.91 Å². The summed E-state index contributed by atoms with van der Waals surface area (Å²) in [5, 5.41) is 0. The van der Waals surface area contributed by atoms with Crippen LogP contribution in [0.15, 0.2) is 30.3 Å². The van der Waals surface area contributed by atoms with Crippen molar-refractivity contribution >= 4 is 17.2 Å². The first-order valence-electron chi connectivity index (χ1n) is 5.49. The Hall–Kier alpha value is -2.01. The van der Waals surface area contributed by atoms with Gasteiger partial charge in [0, 0.05) is 11.3 Å². The molecule has 2 N–H and O–H groups in total. The summed E-state index contributed by atoms with van der Waals surface area (Å²) in [7, 11) is 0. The van der Waals surface area contributed by atoms with Crippen molar-refractivity contribution in [2.75, 3.05) is 6.79 Å². The molecule has 0 atom stereocenters. The summed E-state index contributed by atoms with van der Waals surface area (Å²) in [6.45, 7) is 0.281. The quantitative estimate of drug-likeness (QED) is 0.921. The van der Waals surface area contributed by atoms with Crippen molar-refractivity contribution in [1.82, 2.24) is 0 Å². The molecule has 1 aliphatic heterocycles. The number of fused-ring (bicyclic) bond motifs is 1. The molecule has 4 nitrogen and oxygen atoms in total. The summed E-state index contributed by atoms with van der Waals surface area (Å²) in [6, 6.07) is 9.55. The van der Waals surface area contributed by atoms with Gasteiger partial charge < -0.3 is 15.2 Å². The highest BCUT2D eigenvalue weighted by molar-refractivity contribution is 7.14. The monoisotopic (exact) mass is 261 g/mol. The summed E-state index contributed by atoms with van der Waals surface area (Å²) in [6.07, 6.45) is 0.759. The van der Waals surface area contributed by atoms with Crippen LogP contribution >= 0.6 is 11.3 Å². The van der Waals surface area contributed by atoms with E-state index in [9.17, 15) is 4.79 Å².